The number of likely N-dealkylation sites (N-methyl/N-ethyl adjacent to an activating group) is 1. The molecule has 398 valence electrons. The van der Waals surface area contributed by atoms with E-state index in [9.17, 15) is 28.8 Å². The molecule has 0 aromatic carbocycles. The van der Waals surface area contributed by atoms with Crippen LogP contribution in [-0.4, -0.2) is 100 Å². The molecule has 13 heteroatoms. The number of unbranched alkanes of at least 4 members (excludes halogenated alkanes) is 16. The Balaban J connectivity index is 5.30. The van der Waals surface area contributed by atoms with Crippen LogP contribution in [0.25, 0.3) is 0 Å². The van der Waals surface area contributed by atoms with Gasteiger partial charge in [0, 0.05) is 57.2 Å². The molecule has 0 bridgehead atoms. The van der Waals surface area contributed by atoms with Crippen LogP contribution in [0.15, 0.2) is 0 Å². The van der Waals surface area contributed by atoms with Gasteiger partial charge in [0.05, 0.1) is 13.2 Å². The van der Waals surface area contributed by atoms with Crippen LogP contribution in [0.2, 0.25) is 0 Å². The molecule has 0 aliphatic rings. The van der Waals surface area contributed by atoms with Crippen LogP contribution < -0.4 is 10.6 Å². The minimum Gasteiger partial charge on any atom is -0.465 e. The summed E-state index contributed by atoms with van der Waals surface area (Å²) in [4.78, 5) is 79.6. The highest BCUT2D eigenvalue weighted by Gasteiger charge is 2.40. The number of ether oxygens (including phenoxy) is 4. The van der Waals surface area contributed by atoms with Crippen molar-refractivity contribution in [3.63, 3.8) is 0 Å². The first-order valence-electron chi connectivity index (χ1n) is 27.5. The highest BCUT2D eigenvalue weighted by atomic mass is 16.6. The van der Waals surface area contributed by atoms with Gasteiger partial charge in [-0.25, -0.2) is 0 Å². The summed E-state index contributed by atoms with van der Waals surface area (Å²) in [5, 5.41) is 5.52. The molecule has 0 fully saturated rings. The normalized spacial score (nSPS) is 12.8. The Morgan fingerprint density at radius 2 is 0.838 bits per heavy atom. The SMILES string of the molecule is CCCCCCCCC(CCCCCC)COC(=O)CCCC(=O)OCC(C)(C)[C@@H](OC(=O)CCCC(=O)OCC(CCCCCC)CCCCCCCC)C(=O)NCCC(=O)NCCN(C)C. The topological polar surface area (TPSA) is 167 Å². The van der Waals surface area contributed by atoms with Crippen molar-refractivity contribution in [3.05, 3.63) is 0 Å². The number of nitrogens with one attached hydrogen (secondary N) is 2. The number of esters is 4. The Bertz CT molecular complexity index is 1310. The first-order valence-corrected chi connectivity index (χ1v) is 27.5. The van der Waals surface area contributed by atoms with Crippen molar-refractivity contribution >= 4 is 35.7 Å². The third kappa shape index (κ3) is 38.6. The van der Waals surface area contributed by atoms with E-state index in [0.717, 1.165) is 51.4 Å². The molecule has 0 aliphatic heterocycles. The summed E-state index contributed by atoms with van der Waals surface area (Å²) >= 11 is 0. The third-order valence-corrected chi connectivity index (χ3v) is 12.7. The molecule has 68 heavy (non-hydrogen) atoms. The minimum atomic E-state index is -1.36. The number of carbonyl (C=O) groups is 6. The van der Waals surface area contributed by atoms with Gasteiger partial charge in [0.15, 0.2) is 6.10 Å². The van der Waals surface area contributed by atoms with Gasteiger partial charge in [-0.2, -0.15) is 0 Å². The van der Waals surface area contributed by atoms with Crippen LogP contribution >= 0.6 is 0 Å². The van der Waals surface area contributed by atoms with E-state index in [0.29, 0.717) is 38.1 Å². The maximum atomic E-state index is 13.6. The van der Waals surface area contributed by atoms with E-state index in [1.807, 2.05) is 19.0 Å². The Kier molecular flexibility index (Phi) is 41.7. The van der Waals surface area contributed by atoms with Crippen LogP contribution in [0, 0.1) is 17.3 Å². The molecule has 3 atom stereocenters. The molecule has 0 aliphatic carbocycles. The van der Waals surface area contributed by atoms with Gasteiger partial charge in [-0.1, -0.05) is 170 Å². The van der Waals surface area contributed by atoms with Crippen LogP contribution in [-0.2, 0) is 47.7 Å². The maximum Gasteiger partial charge on any atom is 0.306 e. The average Bonchev–Trinajstić information content (AvgIpc) is 3.30. The zero-order valence-corrected chi connectivity index (χ0v) is 44.9. The molecule has 0 saturated heterocycles. The van der Waals surface area contributed by atoms with Crippen molar-refractivity contribution in [2.24, 2.45) is 17.3 Å². The summed E-state index contributed by atoms with van der Waals surface area (Å²) in [6.07, 6.45) is 27.4. The standard InChI is InChI=1S/C55H103N3O10/c1-9-13-17-21-23-27-33-46(31-25-19-15-11-3)43-65-49(60)35-29-37-51(62)67-45-55(5,6)53(54(64)57-40-39-48(59)56-41-42-58(7)8)68-52(63)38-30-36-50(61)66-44-47(32-26-20-16-12-4)34-28-24-22-18-14-10-2/h46-47,53H,9-45H2,1-8H3,(H,56,59)(H,57,64)/t46?,47?,53-/m0/s1. The lowest BCUT2D eigenvalue weighted by atomic mass is 9.86. The second-order valence-corrected chi connectivity index (χ2v) is 20.3. The van der Waals surface area contributed by atoms with Crippen LogP contribution in [0.3, 0.4) is 0 Å². The van der Waals surface area contributed by atoms with Crippen molar-refractivity contribution in [1.82, 2.24) is 15.5 Å². The van der Waals surface area contributed by atoms with E-state index >= 15 is 0 Å². The summed E-state index contributed by atoms with van der Waals surface area (Å²) in [5.74, 6) is -2.08. The van der Waals surface area contributed by atoms with Gasteiger partial charge >= 0.3 is 23.9 Å². The summed E-state index contributed by atoms with van der Waals surface area (Å²) < 4.78 is 22.8. The van der Waals surface area contributed by atoms with Crippen molar-refractivity contribution in [2.45, 2.75) is 247 Å². The number of nitrogens with zero attached hydrogens (tertiary/aromatic N) is 1. The fraction of sp³-hybridized carbons (Fsp3) is 0.891. The highest BCUT2D eigenvalue weighted by Crippen LogP contribution is 2.26. The summed E-state index contributed by atoms with van der Waals surface area (Å²) in [7, 11) is 3.81. The van der Waals surface area contributed by atoms with Crippen LogP contribution in [0.4, 0.5) is 0 Å². The van der Waals surface area contributed by atoms with Gasteiger partial charge in [-0.3, -0.25) is 28.8 Å². The molecule has 2 amide bonds. The molecular formula is C55H103N3O10. The minimum absolute atomic E-state index is 0.00952. The quantitative estimate of drug-likeness (QED) is 0.0338. The predicted octanol–water partition coefficient (Wildman–Crippen LogP) is 11.8. The molecule has 0 aromatic heterocycles. The molecule has 0 rings (SSSR count). The zero-order chi connectivity index (χ0) is 50.7. The summed E-state index contributed by atoms with van der Waals surface area (Å²) in [6.45, 7) is 13.9. The Morgan fingerprint density at radius 1 is 0.456 bits per heavy atom. The molecule has 0 radical (unpaired) electrons. The van der Waals surface area contributed by atoms with E-state index in [-0.39, 0.29) is 75.9 Å². The van der Waals surface area contributed by atoms with Gasteiger partial charge in [0.25, 0.3) is 5.91 Å². The molecule has 0 heterocycles. The van der Waals surface area contributed by atoms with Gasteiger partial charge in [0.1, 0.15) is 6.61 Å². The largest absolute Gasteiger partial charge is 0.465 e. The number of hydrogen-bond donors (Lipinski definition) is 2. The van der Waals surface area contributed by atoms with E-state index < -0.39 is 29.4 Å². The van der Waals surface area contributed by atoms with Gasteiger partial charge < -0.3 is 34.5 Å². The number of hydrogen-bond acceptors (Lipinski definition) is 11. The number of rotatable bonds is 47. The Hall–Kier alpha value is -3.22. The van der Waals surface area contributed by atoms with E-state index in [1.165, 1.54) is 103 Å². The van der Waals surface area contributed by atoms with E-state index in [2.05, 4.69) is 38.3 Å². The Morgan fingerprint density at radius 3 is 1.26 bits per heavy atom. The molecular weight excluding hydrogens is 863 g/mol. The monoisotopic (exact) mass is 966 g/mol. The van der Waals surface area contributed by atoms with Crippen molar-refractivity contribution < 1.29 is 47.7 Å². The van der Waals surface area contributed by atoms with Gasteiger partial charge in [-0.05, 0) is 64.5 Å². The Labute approximate surface area is 415 Å². The molecule has 13 nitrogen and oxygen atoms in total. The average molecular weight is 966 g/mol. The highest BCUT2D eigenvalue weighted by molar-refractivity contribution is 5.85. The lowest BCUT2D eigenvalue weighted by Crippen LogP contribution is -2.49. The van der Waals surface area contributed by atoms with Crippen molar-refractivity contribution in [2.75, 3.05) is 53.6 Å². The molecule has 0 saturated carbocycles. The van der Waals surface area contributed by atoms with Gasteiger partial charge in [0.2, 0.25) is 5.91 Å². The second-order valence-electron chi connectivity index (χ2n) is 20.3. The van der Waals surface area contributed by atoms with Gasteiger partial charge in [-0.15, -0.1) is 0 Å². The summed E-state index contributed by atoms with van der Waals surface area (Å²) in [5.41, 5.74) is -1.16. The fourth-order valence-electron chi connectivity index (χ4n) is 8.16. The predicted molar refractivity (Wildman–Crippen MR) is 274 cm³/mol. The number of amides is 2. The molecule has 2 unspecified atom stereocenters. The smallest absolute Gasteiger partial charge is 0.306 e. The third-order valence-electron chi connectivity index (χ3n) is 12.7. The zero-order valence-electron chi connectivity index (χ0n) is 44.9. The fourth-order valence-corrected chi connectivity index (χ4v) is 8.16. The van der Waals surface area contributed by atoms with Crippen LogP contribution in [0.1, 0.15) is 241 Å². The molecule has 0 aromatic rings. The lowest BCUT2D eigenvalue weighted by Gasteiger charge is -2.32. The van der Waals surface area contributed by atoms with E-state index in [1.54, 1.807) is 13.8 Å². The van der Waals surface area contributed by atoms with Crippen molar-refractivity contribution in [3.8, 4) is 0 Å². The van der Waals surface area contributed by atoms with Crippen molar-refractivity contribution in [1.29, 1.82) is 0 Å². The first-order chi connectivity index (χ1) is 32.7. The lowest BCUT2D eigenvalue weighted by molar-refractivity contribution is -0.169. The summed E-state index contributed by atoms with van der Waals surface area (Å²) in [6, 6.07) is 0. The molecule has 0 spiro atoms. The van der Waals surface area contributed by atoms with Crippen LogP contribution in [0.5, 0.6) is 0 Å². The second kappa shape index (κ2) is 43.8. The number of carbonyl (C=O) groups excluding carboxylic acids is 6. The van der Waals surface area contributed by atoms with E-state index in [4.69, 9.17) is 18.9 Å². The molecule has 2 N–H and O–H groups in total. The first kappa shape index (κ1) is 64.8. The maximum absolute atomic E-state index is 13.6.